The molecule has 6 heteroatoms. The third kappa shape index (κ3) is 6.75. The highest BCUT2D eigenvalue weighted by Gasteiger charge is 2.04. The first-order valence-corrected chi connectivity index (χ1v) is 8.72. The lowest BCUT2D eigenvalue weighted by Gasteiger charge is -2.08. The molecule has 0 unspecified atom stereocenters. The van der Waals surface area contributed by atoms with E-state index in [4.69, 9.17) is 4.74 Å². The summed E-state index contributed by atoms with van der Waals surface area (Å²) < 4.78 is 5.57. The van der Waals surface area contributed by atoms with Crippen molar-refractivity contribution in [3.05, 3.63) is 54.6 Å². The molecule has 0 aliphatic heterocycles. The number of amides is 2. The standard InChI is InChI=1S/C18H20N2O3S/c1-14(21)19-15-6-5-7-16(12-15)20-18(22)13-24-11-10-23-17-8-3-2-4-9-17/h2-9,12H,10-11,13H2,1H3,(H,19,21)(H,20,22). The first-order chi connectivity index (χ1) is 11.6. The van der Waals surface area contributed by atoms with Crippen LogP contribution in [0.1, 0.15) is 6.92 Å². The van der Waals surface area contributed by atoms with Crippen molar-refractivity contribution >= 4 is 35.0 Å². The van der Waals surface area contributed by atoms with E-state index in [0.29, 0.717) is 23.7 Å². The normalized spacial score (nSPS) is 10.0. The van der Waals surface area contributed by atoms with Crippen LogP contribution in [0.3, 0.4) is 0 Å². The molecule has 5 nitrogen and oxygen atoms in total. The van der Waals surface area contributed by atoms with Gasteiger partial charge in [0.05, 0.1) is 12.4 Å². The molecule has 0 aliphatic rings. The molecule has 0 heterocycles. The fourth-order valence-electron chi connectivity index (χ4n) is 1.98. The molecule has 2 amide bonds. The quantitative estimate of drug-likeness (QED) is 0.720. The van der Waals surface area contributed by atoms with Gasteiger partial charge in [-0.2, -0.15) is 0 Å². The topological polar surface area (TPSA) is 67.4 Å². The van der Waals surface area contributed by atoms with E-state index in [1.54, 1.807) is 24.3 Å². The van der Waals surface area contributed by atoms with Gasteiger partial charge in [0.2, 0.25) is 11.8 Å². The molecule has 0 fully saturated rings. The molecule has 2 rings (SSSR count). The molecule has 2 aromatic rings. The van der Waals surface area contributed by atoms with Crippen LogP contribution in [0.15, 0.2) is 54.6 Å². The van der Waals surface area contributed by atoms with Crippen molar-refractivity contribution in [2.24, 2.45) is 0 Å². The second-order valence-electron chi connectivity index (χ2n) is 5.02. The predicted molar refractivity (Wildman–Crippen MR) is 98.6 cm³/mol. The summed E-state index contributed by atoms with van der Waals surface area (Å²) in [6.07, 6.45) is 0. The van der Waals surface area contributed by atoms with Gasteiger partial charge in [-0.1, -0.05) is 24.3 Å². The second-order valence-corrected chi connectivity index (χ2v) is 6.13. The van der Waals surface area contributed by atoms with Crippen LogP contribution in [-0.2, 0) is 9.59 Å². The number of carbonyl (C=O) groups is 2. The highest BCUT2D eigenvalue weighted by atomic mass is 32.2. The van der Waals surface area contributed by atoms with Crippen LogP contribution in [0.4, 0.5) is 11.4 Å². The van der Waals surface area contributed by atoms with Crippen LogP contribution in [0.5, 0.6) is 5.75 Å². The lowest BCUT2D eigenvalue weighted by molar-refractivity contribution is -0.114. The van der Waals surface area contributed by atoms with Crippen molar-refractivity contribution in [3.63, 3.8) is 0 Å². The van der Waals surface area contributed by atoms with Crippen LogP contribution in [0.25, 0.3) is 0 Å². The molecule has 2 N–H and O–H groups in total. The van der Waals surface area contributed by atoms with Crippen LogP contribution >= 0.6 is 11.8 Å². The minimum absolute atomic E-state index is 0.0836. The first kappa shape index (κ1) is 17.9. The Hall–Kier alpha value is -2.47. The van der Waals surface area contributed by atoms with Gasteiger partial charge in [0.15, 0.2) is 0 Å². The Bertz CT molecular complexity index is 677. The van der Waals surface area contributed by atoms with Crippen molar-refractivity contribution in [2.75, 3.05) is 28.7 Å². The third-order valence-corrected chi connectivity index (χ3v) is 3.86. The molecule has 0 bridgehead atoms. The first-order valence-electron chi connectivity index (χ1n) is 7.56. The molecule has 24 heavy (non-hydrogen) atoms. The van der Waals surface area contributed by atoms with Crippen LogP contribution in [0, 0.1) is 0 Å². The van der Waals surface area contributed by atoms with Gasteiger partial charge in [0.25, 0.3) is 0 Å². The highest BCUT2D eigenvalue weighted by Crippen LogP contribution is 2.15. The van der Waals surface area contributed by atoms with Crippen molar-refractivity contribution in [3.8, 4) is 5.75 Å². The van der Waals surface area contributed by atoms with Crippen molar-refractivity contribution in [1.29, 1.82) is 0 Å². The Labute approximate surface area is 145 Å². The molecule has 0 spiro atoms. The minimum Gasteiger partial charge on any atom is -0.493 e. The molecule has 0 saturated heterocycles. The van der Waals surface area contributed by atoms with Crippen LogP contribution < -0.4 is 15.4 Å². The zero-order chi connectivity index (χ0) is 17.2. The molecule has 0 atom stereocenters. The van der Waals surface area contributed by atoms with Crippen molar-refractivity contribution in [2.45, 2.75) is 6.92 Å². The predicted octanol–water partition coefficient (Wildman–Crippen LogP) is 3.40. The van der Waals surface area contributed by atoms with Gasteiger partial charge >= 0.3 is 0 Å². The highest BCUT2D eigenvalue weighted by molar-refractivity contribution is 7.99. The summed E-state index contributed by atoms with van der Waals surface area (Å²) in [7, 11) is 0. The van der Waals surface area contributed by atoms with E-state index in [2.05, 4.69) is 10.6 Å². The van der Waals surface area contributed by atoms with Gasteiger partial charge in [-0.3, -0.25) is 9.59 Å². The Balaban J connectivity index is 1.67. The van der Waals surface area contributed by atoms with E-state index in [-0.39, 0.29) is 11.8 Å². The maximum Gasteiger partial charge on any atom is 0.234 e. The van der Waals surface area contributed by atoms with Gasteiger partial charge in [0.1, 0.15) is 5.75 Å². The van der Waals surface area contributed by atoms with Gasteiger partial charge in [-0.05, 0) is 30.3 Å². The van der Waals surface area contributed by atoms with Gasteiger partial charge in [-0.15, -0.1) is 11.8 Å². The Morgan fingerprint density at radius 2 is 1.71 bits per heavy atom. The van der Waals surface area contributed by atoms with Crippen molar-refractivity contribution in [1.82, 2.24) is 0 Å². The summed E-state index contributed by atoms with van der Waals surface area (Å²) in [5.74, 6) is 1.68. The summed E-state index contributed by atoms with van der Waals surface area (Å²) >= 11 is 1.51. The number of anilines is 2. The lowest BCUT2D eigenvalue weighted by Crippen LogP contribution is -2.15. The zero-order valence-corrected chi connectivity index (χ0v) is 14.3. The third-order valence-electron chi connectivity index (χ3n) is 2.94. The molecule has 0 radical (unpaired) electrons. The number of thioether (sulfide) groups is 1. The number of ether oxygens (including phenoxy) is 1. The number of hydrogen-bond donors (Lipinski definition) is 2. The second kappa shape index (κ2) is 9.62. The summed E-state index contributed by atoms with van der Waals surface area (Å²) in [5.41, 5.74) is 1.32. The lowest BCUT2D eigenvalue weighted by atomic mass is 10.2. The maximum absolute atomic E-state index is 11.9. The average molecular weight is 344 g/mol. The molecule has 0 aromatic heterocycles. The van der Waals surface area contributed by atoms with E-state index in [9.17, 15) is 9.59 Å². The number of carbonyl (C=O) groups excluding carboxylic acids is 2. The summed E-state index contributed by atoms with van der Waals surface area (Å²) in [5, 5.41) is 5.49. The molecule has 0 saturated carbocycles. The fraction of sp³-hybridized carbons (Fsp3) is 0.222. The van der Waals surface area contributed by atoms with Gasteiger partial charge in [-0.25, -0.2) is 0 Å². The van der Waals surface area contributed by atoms with Crippen molar-refractivity contribution < 1.29 is 14.3 Å². The Morgan fingerprint density at radius 3 is 2.42 bits per heavy atom. The van der Waals surface area contributed by atoms with Gasteiger partial charge < -0.3 is 15.4 Å². The fourth-order valence-corrected chi connectivity index (χ4v) is 2.58. The zero-order valence-electron chi connectivity index (χ0n) is 13.5. The van der Waals surface area contributed by atoms with E-state index in [1.807, 2.05) is 30.3 Å². The molecule has 0 aliphatic carbocycles. The van der Waals surface area contributed by atoms with E-state index >= 15 is 0 Å². The summed E-state index contributed by atoms with van der Waals surface area (Å²) in [6, 6.07) is 16.6. The molecular formula is C18H20N2O3S. The number of hydrogen-bond acceptors (Lipinski definition) is 4. The Kier molecular flexibility index (Phi) is 7.17. The van der Waals surface area contributed by atoms with E-state index in [1.165, 1.54) is 18.7 Å². The average Bonchev–Trinajstić information content (AvgIpc) is 2.55. The number of benzene rings is 2. The van der Waals surface area contributed by atoms with E-state index < -0.39 is 0 Å². The van der Waals surface area contributed by atoms with Crippen LogP contribution in [0.2, 0.25) is 0 Å². The maximum atomic E-state index is 11.9. The largest absolute Gasteiger partial charge is 0.493 e. The van der Waals surface area contributed by atoms with Crippen LogP contribution in [-0.4, -0.2) is 29.9 Å². The number of rotatable bonds is 8. The van der Waals surface area contributed by atoms with Gasteiger partial charge in [0, 0.05) is 24.1 Å². The number of nitrogens with one attached hydrogen (secondary N) is 2. The molecule has 2 aromatic carbocycles. The minimum atomic E-state index is -0.146. The smallest absolute Gasteiger partial charge is 0.234 e. The summed E-state index contributed by atoms with van der Waals surface area (Å²) in [4.78, 5) is 23.0. The molecule has 126 valence electrons. The summed E-state index contributed by atoms with van der Waals surface area (Å²) in [6.45, 7) is 2.00. The Morgan fingerprint density at radius 1 is 1.00 bits per heavy atom. The number of para-hydroxylation sites is 1. The van der Waals surface area contributed by atoms with E-state index in [0.717, 1.165) is 11.5 Å². The molecular weight excluding hydrogens is 324 g/mol. The SMILES string of the molecule is CC(=O)Nc1cccc(NC(=O)CSCCOc2ccccc2)c1. The monoisotopic (exact) mass is 344 g/mol.